The number of para-hydroxylation sites is 1. The summed E-state index contributed by atoms with van der Waals surface area (Å²) in [7, 11) is 1.35. The van der Waals surface area contributed by atoms with E-state index in [1.54, 1.807) is 0 Å². The summed E-state index contributed by atoms with van der Waals surface area (Å²) in [6, 6.07) is 3.80. The van der Waals surface area contributed by atoms with Crippen LogP contribution in [0.3, 0.4) is 0 Å². The summed E-state index contributed by atoms with van der Waals surface area (Å²) in [5, 5.41) is 14.8. The lowest BCUT2D eigenvalue weighted by Gasteiger charge is -2.16. The summed E-state index contributed by atoms with van der Waals surface area (Å²) >= 11 is 0. The Kier molecular flexibility index (Phi) is 6.21. The van der Waals surface area contributed by atoms with Crippen LogP contribution in [0.4, 0.5) is 4.79 Å². The standard InChI is InChI=1S/C17H22N2O6/c1-10(15(21)19-17(23)18-11-6-3-4-7-11)25-16(22)12-8-5-9-13(24-2)14(12)20/h5,8-11,20H,3-4,6-7H2,1-2H3,(H2,18,19,21,23). The average molecular weight is 350 g/mol. The highest BCUT2D eigenvalue weighted by Crippen LogP contribution is 2.29. The molecular weight excluding hydrogens is 328 g/mol. The minimum atomic E-state index is -1.20. The number of carbonyl (C=O) groups is 3. The summed E-state index contributed by atoms with van der Waals surface area (Å²) in [6.07, 6.45) is 2.68. The van der Waals surface area contributed by atoms with E-state index in [0.717, 1.165) is 25.7 Å². The monoisotopic (exact) mass is 350 g/mol. The van der Waals surface area contributed by atoms with Crippen molar-refractivity contribution in [3.63, 3.8) is 0 Å². The van der Waals surface area contributed by atoms with Gasteiger partial charge in [-0.15, -0.1) is 0 Å². The van der Waals surface area contributed by atoms with E-state index >= 15 is 0 Å². The van der Waals surface area contributed by atoms with Gasteiger partial charge in [0, 0.05) is 6.04 Å². The first kappa shape index (κ1) is 18.6. The lowest BCUT2D eigenvalue weighted by atomic mass is 10.2. The molecule has 8 nitrogen and oxygen atoms in total. The van der Waals surface area contributed by atoms with Crippen LogP contribution in [0.1, 0.15) is 43.0 Å². The number of amides is 3. The maximum absolute atomic E-state index is 12.1. The number of phenolic OH excluding ortho intramolecular Hbond substituents is 1. The Balaban J connectivity index is 1.89. The van der Waals surface area contributed by atoms with Crippen LogP contribution in [-0.4, -0.2) is 42.3 Å². The number of methoxy groups -OCH3 is 1. The third kappa shape index (κ3) is 4.85. The fraction of sp³-hybridized carbons (Fsp3) is 0.471. The number of phenols is 1. The van der Waals surface area contributed by atoms with Gasteiger partial charge < -0.3 is 19.9 Å². The van der Waals surface area contributed by atoms with Crippen molar-refractivity contribution in [3.05, 3.63) is 23.8 Å². The van der Waals surface area contributed by atoms with Gasteiger partial charge in [-0.25, -0.2) is 9.59 Å². The Morgan fingerprint density at radius 3 is 2.56 bits per heavy atom. The lowest BCUT2D eigenvalue weighted by Crippen LogP contribution is -2.47. The molecule has 0 spiro atoms. The van der Waals surface area contributed by atoms with Crippen LogP contribution in [0.2, 0.25) is 0 Å². The largest absolute Gasteiger partial charge is 0.504 e. The van der Waals surface area contributed by atoms with Crippen LogP contribution in [0.15, 0.2) is 18.2 Å². The van der Waals surface area contributed by atoms with Crippen LogP contribution in [0.25, 0.3) is 0 Å². The Bertz CT molecular complexity index is 655. The number of benzene rings is 1. The molecule has 1 aromatic carbocycles. The van der Waals surface area contributed by atoms with Crippen LogP contribution >= 0.6 is 0 Å². The molecule has 3 N–H and O–H groups in total. The third-order valence-electron chi connectivity index (χ3n) is 4.02. The normalized spacial score (nSPS) is 15.3. The Labute approximate surface area is 145 Å². The molecule has 1 aliphatic rings. The second-order valence-corrected chi connectivity index (χ2v) is 5.85. The van der Waals surface area contributed by atoms with Crippen molar-refractivity contribution in [2.45, 2.75) is 44.8 Å². The van der Waals surface area contributed by atoms with E-state index in [1.165, 1.54) is 32.2 Å². The van der Waals surface area contributed by atoms with Gasteiger partial charge >= 0.3 is 12.0 Å². The molecule has 0 saturated heterocycles. The zero-order valence-corrected chi connectivity index (χ0v) is 14.2. The van der Waals surface area contributed by atoms with E-state index in [0.29, 0.717) is 0 Å². The fourth-order valence-corrected chi connectivity index (χ4v) is 2.63. The summed E-state index contributed by atoms with van der Waals surface area (Å²) in [5.74, 6) is -1.90. The van der Waals surface area contributed by atoms with Crippen molar-refractivity contribution in [2.75, 3.05) is 7.11 Å². The van der Waals surface area contributed by atoms with Crippen molar-refractivity contribution < 1.29 is 29.0 Å². The van der Waals surface area contributed by atoms with Gasteiger partial charge in [0.15, 0.2) is 17.6 Å². The van der Waals surface area contributed by atoms with Crippen molar-refractivity contribution in [3.8, 4) is 11.5 Å². The summed E-state index contributed by atoms with van der Waals surface area (Å²) in [5.41, 5.74) is -0.130. The van der Waals surface area contributed by atoms with Crippen molar-refractivity contribution in [1.29, 1.82) is 0 Å². The molecule has 0 heterocycles. The molecule has 1 aliphatic carbocycles. The third-order valence-corrected chi connectivity index (χ3v) is 4.02. The van der Waals surface area contributed by atoms with E-state index in [1.807, 2.05) is 0 Å². The van der Waals surface area contributed by atoms with E-state index < -0.39 is 24.0 Å². The zero-order valence-electron chi connectivity index (χ0n) is 14.2. The first-order chi connectivity index (χ1) is 11.9. The van der Waals surface area contributed by atoms with E-state index in [9.17, 15) is 19.5 Å². The lowest BCUT2D eigenvalue weighted by molar-refractivity contribution is -0.127. The number of nitrogens with one attached hydrogen (secondary N) is 2. The second kappa shape index (κ2) is 8.36. The first-order valence-electron chi connectivity index (χ1n) is 8.10. The average Bonchev–Trinajstić information content (AvgIpc) is 3.07. The van der Waals surface area contributed by atoms with Gasteiger partial charge in [0.2, 0.25) is 0 Å². The molecule has 1 atom stereocenters. The predicted molar refractivity (Wildman–Crippen MR) is 88.5 cm³/mol. The maximum Gasteiger partial charge on any atom is 0.342 e. The summed E-state index contributed by atoms with van der Waals surface area (Å²) in [6.45, 7) is 1.34. The molecule has 1 saturated carbocycles. The van der Waals surface area contributed by atoms with Gasteiger partial charge in [-0.05, 0) is 31.9 Å². The number of ether oxygens (including phenoxy) is 2. The van der Waals surface area contributed by atoms with Gasteiger partial charge in [0.05, 0.1) is 7.11 Å². The Hall–Kier alpha value is -2.77. The van der Waals surface area contributed by atoms with Crippen molar-refractivity contribution >= 4 is 17.9 Å². The topological polar surface area (TPSA) is 114 Å². The number of carbonyl (C=O) groups excluding carboxylic acids is 3. The number of urea groups is 1. The van der Waals surface area contributed by atoms with Crippen LogP contribution in [-0.2, 0) is 9.53 Å². The molecule has 136 valence electrons. The summed E-state index contributed by atoms with van der Waals surface area (Å²) < 4.78 is 9.92. The van der Waals surface area contributed by atoms with Gasteiger partial charge in [-0.3, -0.25) is 10.1 Å². The van der Waals surface area contributed by atoms with Crippen LogP contribution in [0, 0.1) is 0 Å². The van der Waals surface area contributed by atoms with E-state index in [4.69, 9.17) is 9.47 Å². The molecule has 1 fully saturated rings. The van der Waals surface area contributed by atoms with Gasteiger partial charge in [0.1, 0.15) is 5.56 Å². The minimum absolute atomic E-state index is 0.0689. The molecule has 0 aliphatic heterocycles. The van der Waals surface area contributed by atoms with Crippen LogP contribution in [0.5, 0.6) is 11.5 Å². The van der Waals surface area contributed by atoms with Crippen molar-refractivity contribution in [2.24, 2.45) is 0 Å². The van der Waals surface area contributed by atoms with E-state index in [2.05, 4.69) is 10.6 Å². The molecular formula is C17H22N2O6. The van der Waals surface area contributed by atoms with E-state index in [-0.39, 0.29) is 23.1 Å². The van der Waals surface area contributed by atoms with Gasteiger partial charge in [-0.2, -0.15) is 0 Å². The smallest absolute Gasteiger partial charge is 0.342 e. The highest BCUT2D eigenvalue weighted by Gasteiger charge is 2.24. The zero-order chi connectivity index (χ0) is 18.4. The molecule has 0 radical (unpaired) electrons. The molecule has 0 aromatic heterocycles. The molecule has 1 unspecified atom stereocenters. The molecule has 2 rings (SSSR count). The number of hydrogen-bond donors (Lipinski definition) is 3. The molecule has 1 aromatic rings. The SMILES string of the molecule is COc1cccc(C(=O)OC(C)C(=O)NC(=O)NC2CCCC2)c1O. The quantitative estimate of drug-likeness (QED) is 0.697. The Morgan fingerprint density at radius 2 is 1.92 bits per heavy atom. The number of imide groups is 1. The maximum atomic E-state index is 12.1. The Morgan fingerprint density at radius 1 is 1.24 bits per heavy atom. The van der Waals surface area contributed by atoms with Crippen molar-refractivity contribution in [1.82, 2.24) is 10.6 Å². The first-order valence-corrected chi connectivity index (χ1v) is 8.10. The number of esters is 1. The molecule has 25 heavy (non-hydrogen) atoms. The minimum Gasteiger partial charge on any atom is -0.504 e. The van der Waals surface area contributed by atoms with Gasteiger partial charge in [0.25, 0.3) is 5.91 Å². The highest BCUT2D eigenvalue weighted by atomic mass is 16.5. The second-order valence-electron chi connectivity index (χ2n) is 5.85. The fourth-order valence-electron chi connectivity index (χ4n) is 2.63. The number of rotatable bonds is 5. The van der Waals surface area contributed by atoms with Crippen LogP contribution < -0.4 is 15.4 Å². The predicted octanol–water partition coefficient (Wildman–Crippen LogP) is 1.71. The highest BCUT2D eigenvalue weighted by molar-refractivity contribution is 5.99. The number of hydrogen-bond acceptors (Lipinski definition) is 6. The molecule has 0 bridgehead atoms. The molecule has 3 amide bonds. The number of aromatic hydroxyl groups is 1. The summed E-state index contributed by atoms with van der Waals surface area (Å²) in [4.78, 5) is 35.8. The van der Waals surface area contributed by atoms with Gasteiger partial charge in [-0.1, -0.05) is 18.9 Å². The molecule has 8 heteroatoms.